The Bertz CT molecular complexity index is 419. The van der Waals surface area contributed by atoms with E-state index >= 15 is 0 Å². The molecule has 0 unspecified atom stereocenters. The van der Waals surface area contributed by atoms with Gasteiger partial charge in [-0.25, -0.2) is 0 Å². The van der Waals surface area contributed by atoms with Crippen LogP contribution in [-0.4, -0.2) is 48.1 Å². The molecule has 4 nitrogen and oxygen atoms in total. The van der Waals surface area contributed by atoms with Crippen molar-refractivity contribution in [1.29, 1.82) is 0 Å². The second-order valence-electron chi connectivity index (χ2n) is 9.21. The Morgan fingerprint density at radius 3 is 2.27 bits per heavy atom. The van der Waals surface area contributed by atoms with Gasteiger partial charge in [-0.3, -0.25) is 0 Å². The predicted molar refractivity (Wildman–Crippen MR) is 90.2 cm³/mol. The second-order valence-corrected chi connectivity index (χ2v) is 14.0. The molecule has 22 heavy (non-hydrogen) atoms. The summed E-state index contributed by atoms with van der Waals surface area (Å²) in [6.07, 6.45) is 2.38. The molecule has 2 aliphatic carbocycles. The van der Waals surface area contributed by atoms with E-state index in [0.29, 0.717) is 6.42 Å². The summed E-state index contributed by atoms with van der Waals surface area (Å²) in [7, 11) is -1.87. The maximum Gasteiger partial charge on any atom is 0.192 e. The first-order valence-corrected chi connectivity index (χ1v) is 11.5. The van der Waals surface area contributed by atoms with E-state index in [0.717, 1.165) is 19.3 Å². The smallest absolute Gasteiger partial charge is 0.192 e. The molecule has 2 aliphatic rings. The van der Waals surface area contributed by atoms with Gasteiger partial charge in [0.25, 0.3) is 0 Å². The van der Waals surface area contributed by atoms with E-state index < -0.39 is 20.0 Å². The van der Waals surface area contributed by atoms with Crippen molar-refractivity contribution in [3.63, 3.8) is 0 Å². The topological polar surface area (TPSA) is 69.9 Å². The zero-order chi connectivity index (χ0) is 17.0. The first kappa shape index (κ1) is 18.4. The van der Waals surface area contributed by atoms with Gasteiger partial charge in [0, 0.05) is 5.92 Å². The Morgan fingerprint density at radius 2 is 1.77 bits per heavy atom. The van der Waals surface area contributed by atoms with E-state index in [-0.39, 0.29) is 29.1 Å². The third-order valence-corrected chi connectivity index (χ3v) is 11.4. The summed E-state index contributed by atoms with van der Waals surface area (Å²) >= 11 is 0. The van der Waals surface area contributed by atoms with Gasteiger partial charge >= 0.3 is 0 Å². The number of aliphatic hydroxyl groups excluding tert-OH is 2. The van der Waals surface area contributed by atoms with Crippen LogP contribution in [0.2, 0.25) is 18.1 Å². The number of aliphatic hydroxyl groups is 3. The minimum atomic E-state index is -1.87. The fourth-order valence-corrected chi connectivity index (χ4v) is 5.68. The van der Waals surface area contributed by atoms with E-state index in [9.17, 15) is 15.3 Å². The largest absolute Gasteiger partial charge is 0.413 e. The van der Waals surface area contributed by atoms with Crippen molar-refractivity contribution in [2.45, 2.75) is 89.3 Å². The molecule has 0 aromatic heterocycles. The summed E-state index contributed by atoms with van der Waals surface area (Å²) in [4.78, 5) is 0. The van der Waals surface area contributed by atoms with Crippen LogP contribution in [0.3, 0.4) is 0 Å². The lowest BCUT2D eigenvalue weighted by atomic mass is 9.60. The van der Waals surface area contributed by atoms with Gasteiger partial charge in [0.05, 0.1) is 18.8 Å². The standard InChI is InChI=1S/C17H34O4Si/c1-15(2,3)22(5,6)21-14-8-7-12-16(14,4)10-9-13(19)17(12,20)11-18/h12-14,18-20H,7-11H2,1-6H3/t12-,13+,14+,16+,17+/m0/s1. The van der Waals surface area contributed by atoms with Crippen molar-refractivity contribution < 1.29 is 19.7 Å². The maximum absolute atomic E-state index is 10.8. The molecule has 0 saturated heterocycles. The molecule has 0 heterocycles. The summed E-state index contributed by atoms with van der Waals surface area (Å²) in [5, 5.41) is 30.9. The predicted octanol–water partition coefficient (Wildman–Crippen LogP) is 2.67. The summed E-state index contributed by atoms with van der Waals surface area (Å²) in [5.74, 6) is -0.0940. The molecule has 3 N–H and O–H groups in total. The molecular weight excluding hydrogens is 296 g/mol. The van der Waals surface area contributed by atoms with Crippen molar-refractivity contribution >= 4 is 8.32 Å². The van der Waals surface area contributed by atoms with E-state index in [1.165, 1.54) is 0 Å². The number of fused-ring (bicyclic) bond motifs is 1. The highest BCUT2D eigenvalue weighted by atomic mass is 28.4. The molecule has 0 radical (unpaired) electrons. The highest BCUT2D eigenvalue weighted by Crippen LogP contribution is 2.58. The maximum atomic E-state index is 10.8. The quantitative estimate of drug-likeness (QED) is 0.696. The Balaban J connectivity index is 2.25. The molecule has 0 aliphatic heterocycles. The molecule has 0 spiro atoms. The van der Waals surface area contributed by atoms with E-state index in [4.69, 9.17) is 4.43 Å². The molecular formula is C17H34O4Si. The van der Waals surface area contributed by atoms with Gasteiger partial charge in [-0.05, 0) is 49.2 Å². The van der Waals surface area contributed by atoms with E-state index in [1.807, 2.05) is 0 Å². The molecule has 2 rings (SSSR count). The first-order chi connectivity index (χ1) is 9.88. The van der Waals surface area contributed by atoms with Crippen LogP contribution in [0.1, 0.15) is 53.4 Å². The van der Waals surface area contributed by atoms with Crippen molar-refractivity contribution in [3.8, 4) is 0 Å². The van der Waals surface area contributed by atoms with Gasteiger partial charge in [-0.15, -0.1) is 0 Å². The summed E-state index contributed by atoms with van der Waals surface area (Å²) in [6.45, 7) is 13.0. The average molecular weight is 331 g/mol. The normalized spacial score (nSPS) is 43.2. The van der Waals surface area contributed by atoms with E-state index in [2.05, 4.69) is 40.8 Å². The fraction of sp³-hybridized carbons (Fsp3) is 1.00. The lowest BCUT2D eigenvalue weighted by Gasteiger charge is -2.52. The highest BCUT2D eigenvalue weighted by molar-refractivity contribution is 6.74. The van der Waals surface area contributed by atoms with Gasteiger partial charge in [-0.2, -0.15) is 0 Å². The Morgan fingerprint density at radius 1 is 1.18 bits per heavy atom. The molecule has 2 saturated carbocycles. The second kappa shape index (κ2) is 5.55. The highest BCUT2D eigenvalue weighted by Gasteiger charge is 2.61. The first-order valence-electron chi connectivity index (χ1n) is 8.57. The molecule has 0 aromatic rings. The van der Waals surface area contributed by atoms with Crippen LogP contribution in [0.4, 0.5) is 0 Å². The van der Waals surface area contributed by atoms with Gasteiger partial charge in [0.15, 0.2) is 8.32 Å². The summed E-state index contributed by atoms with van der Waals surface area (Å²) in [6, 6.07) is 0. The molecule has 2 fully saturated rings. The average Bonchev–Trinajstić information content (AvgIpc) is 2.71. The van der Waals surface area contributed by atoms with Crippen LogP contribution in [-0.2, 0) is 4.43 Å². The van der Waals surface area contributed by atoms with Crippen LogP contribution in [0.25, 0.3) is 0 Å². The van der Waals surface area contributed by atoms with Crippen LogP contribution in [0, 0.1) is 11.3 Å². The lowest BCUT2D eigenvalue weighted by molar-refractivity contribution is -0.197. The van der Waals surface area contributed by atoms with Crippen molar-refractivity contribution in [2.75, 3.05) is 6.61 Å². The Labute approximate surface area is 136 Å². The Kier molecular flexibility index (Phi) is 4.64. The Hall–Kier alpha value is 0.0569. The monoisotopic (exact) mass is 330 g/mol. The fourth-order valence-electron chi connectivity index (χ4n) is 4.23. The van der Waals surface area contributed by atoms with Crippen molar-refractivity contribution in [3.05, 3.63) is 0 Å². The molecule has 0 amide bonds. The van der Waals surface area contributed by atoms with Gasteiger partial charge in [0.2, 0.25) is 0 Å². The zero-order valence-corrected chi connectivity index (χ0v) is 16.0. The molecule has 5 heteroatoms. The number of hydrogen-bond donors (Lipinski definition) is 3. The summed E-state index contributed by atoms with van der Waals surface area (Å²) in [5.41, 5.74) is -1.54. The van der Waals surface area contributed by atoms with Gasteiger partial charge in [0.1, 0.15) is 5.60 Å². The molecule has 5 atom stereocenters. The molecule has 0 bridgehead atoms. The molecule has 130 valence electrons. The van der Waals surface area contributed by atoms with Crippen LogP contribution < -0.4 is 0 Å². The van der Waals surface area contributed by atoms with Gasteiger partial charge in [-0.1, -0.05) is 27.7 Å². The molecule has 0 aromatic carbocycles. The summed E-state index contributed by atoms with van der Waals surface area (Å²) < 4.78 is 6.67. The third kappa shape index (κ3) is 2.69. The van der Waals surface area contributed by atoms with Crippen molar-refractivity contribution in [2.24, 2.45) is 11.3 Å². The van der Waals surface area contributed by atoms with Crippen LogP contribution in [0.5, 0.6) is 0 Å². The third-order valence-electron chi connectivity index (χ3n) is 6.88. The minimum absolute atomic E-state index is 0.0940. The number of hydrogen-bond acceptors (Lipinski definition) is 4. The van der Waals surface area contributed by atoms with Crippen molar-refractivity contribution in [1.82, 2.24) is 0 Å². The van der Waals surface area contributed by atoms with Crippen LogP contribution >= 0.6 is 0 Å². The van der Waals surface area contributed by atoms with E-state index in [1.54, 1.807) is 0 Å². The lowest BCUT2D eigenvalue weighted by Crippen LogP contribution is -2.61. The number of rotatable bonds is 3. The minimum Gasteiger partial charge on any atom is -0.413 e. The SMILES string of the molecule is CC(C)(C)[Si](C)(C)O[C@@H]1CC[C@H]2[C@@]1(C)CC[C@@H](O)[C@@]2(O)CO. The van der Waals surface area contributed by atoms with Crippen LogP contribution in [0.15, 0.2) is 0 Å². The van der Waals surface area contributed by atoms with Gasteiger partial charge < -0.3 is 19.7 Å². The zero-order valence-electron chi connectivity index (χ0n) is 15.0.